The van der Waals surface area contributed by atoms with Gasteiger partial charge in [0.25, 0.3) is 0 Å². The molecule has 2 aromatic rings. The lowest BCUT2D eigenvalue weighted by atomic mass is 10.2. The van der Waals surface area contributed by atoms with Crippen LogP contribution < -0.4 is 4.74 Å². The number of ether oxygens (including phenoxy) is 1. The molecule has 19 heavy (non-hydrogen) atoms. The van der Waals surface area contributed by atoms with E-state index < -0.39 is 5.97 Å². The third-order valence-electron chi connectivity index (χ3n) is 2.46. The number of aromatic carboxylic acids is 1. The molecule has 2 aromatic carbocycles. The molecule has 0 radical (unpaired) electrons. The number of benzene rings is 2. The quantitative estimate of drug-likeness (QED) is 0.897. The summed E-state index contributed by atoms with van der Waals surface area (Å²) in [5.41, 5.74) is 1.02. The maximum absolute atomic E-state index is 10.9. The van der Waals surface area contributed by atoms with E-state index in [9.17, 15) is 4.79 Å². The number of hydrogen-bond donors (Lipinski definition) is 1. The van der Waals surface area contributed by atoms with Gasteiger partial charge in [-0.15, -0.1) is 0 Å². The van der Waals surface area contributed by atoms with Gasteiger partial charge in [-0.1, -0.05) is 39.7 Å². The lowest BCUT2D eigenvalue weighted by Gasteiger charge is -2.08. The van der Waals surface area contributed by atoms with Crippen molar-refractivity contribution in [3.05, 3.63) is 63.1 Å². The van der Waals surface area contributed by atoms with Crippen LogP contribution in [0.1, 0.15) is 15.9 Å². The fourth-order valence-corrected chi connectivity index (χ4v) is 2.20. The Labute approximate surface area is 123 Å². The van der Waals surface area contributed by atoms with E-state index >= 15 is 0 Å². The van der Waals surface area contributed by atoms with Gasteiger partial charge in [0, 0.05) is 4.47 Å². The lowest BCUT2D eigenvalue weighted by molar-refractivity contribution is 0.0696. The van der Waals surface area contributed by atoms with Gasteiger partial charge in [0.15, 0.2) is 0 Å². The third-order valence-corrected chi connectivity index (χ3v) is 3.29. The Morgan fingerprint density at radius 2 is 2.05 bits per heavy atom. The van der Waals surface area contributed by atoms with Crippen LogP contribution in [0.4, 0.5) is 0 Å². The normalized spacial score (nSPS) is 10.2. The fourth-order valence-electron chi connectivity index (χ4n) is 1.55. The molecule has 0 spiro atoms. The number of carbonyl (C=O) groups is 1. The monoisotopic (exact) mass is 340 g/mol. The first-order chi connectivity index (χ1) is 9.06. The van der Waals surface area contributed by atoms with Crippen LogP contribution in [0, 0.1) is 0 Å². The minimum absolute atomic E-state index is 0.0356. The zero-order valence-electron chi connectivity index (χ0n) is 9.77. The Morgan fingerprint density at radius 3 is 2.74 bits per heavy atom. The van der Waals surface area contributed by atoms with Crippen molar-refractivity contribution in [2.75, 3.05) is 0 Å². The topological polar surface area (TPSA) is 46.5 Å². The summed E-state index contributed by atoms with van der Waals surface area (Å²) >= 11 is 9.16. The molecule has 98 valence electrons. The van der Waals surface area contributed by atoms with Gasteiger partial charge in [-0.3, -0.25) is 0 Å². The molecule has 0 aliphatic rings. The first-order valence-electron chi connectivity index (χ1n) is 5.46. The summed E-state index contributed by atoms with van der Waals surface area (Å²) in [6, 6.07) is 12.3. The van der Waals surface area contributed by atoms with Gasteiger partial charge in [-0.25, -0.2) is 4.79 Å². The number of rotatable bonds is 4. The van der Waals surface area contributed by atoms with Crippen LogP contribution in [-0.2, 0) is 6.61 Å². The van der Waals surface area contributed by atoms with Crippen molar-refractivity contribution in [2.24, 2.45) is 0 Å². The molecule has 0 aliphatic heterocycles. The van der Waals surface area contributed by atoms with Crippen LogP contribution in [0.15, 0.2) is 46.9 Å². The number of halogens is 2. The number of carboxylic acid groups (broad SMARTS) is 1. The van der Waals surface area contributed by atoms with E-state index in [0.29, 0.717) is 12.4 Å². The van der Waals surface area contributed by atoms with E-state index in [1.807, 2.05) is 24.3 Å². The minimum Gasteiger partial charge on any atom is -0.489 e. The molecule has 0 amide bonds. The van der Waals surface area contributed by atoms with E-state index in [2.05, 4.69) is 15.9 Å². The smallest absolute Gasteiger partial charge is 0.337 e. The summed E-state index contributed by atoms with van der Waals surface area (Å²) in [5.74, 6) is -0.598. The van der Waals surface area contributed by atoms with Crippen LogP contribution >= 0.6 is 27.5 Å². The SMILES string of the molecule is O=C(O)c1cc(OCc2cccc(Br)c2)ccc1Cl. The van der Waals surface area contributed by atoms with Crippen molar-refractivity contribution in [1.29, 1.82) is 0 Å². The van der Waals surface area contributed by atoms with Crippen molar-refractivity contribution in [3.8, 4) is 5.75 Å². The van der Waals surface area contributed by atoms with Gasteiger partial charge in [-0.2, -0.15) is 0 Å². The zero-order valence-corrected chi connectivity index (χ0v) is 12.1. The Hall–Kier alpha value is -1.52. The third kappa shape index (κ3) is 3.72. The second-order valence-electron chi connectivity index (χ2n) is 3.87. The Morgan fingerprint density at radius 1 is 1.26 bits per heavy atom. The molecule has 0 atom stereocenters. The molecule has 0 aromatic heterocycles. The molecule has 0 aliphatic carbocycles. The van der Waals surface area contributed by atoms with Crippen molar-refractivity contribution >= 4 is 33.5 Å². The average molecular weight is 342 g/mol. The number of carboxylic acids is 1. The fraction of sp³-hybridized carbons (Fsp3) is 0.0714. The highest BCUT2D eigenvalue weighted by Crippen LogP contribution is 2.23. The molecule has 0 fully saturated rings. The summed E-state index contributed by atoms with van der Waals surface area (Å²) in [6.07, 6.45) is 0. The Bertz CT molecular complexity index is 613. The summed E-state index contributed by atoms with van der Waals surface area (Å²) in [5, 5.41) is 9.16. The second kappa shape index (κ2) is 6.08. The highest BCUT2D eigenvalue weighted by atomic mass is 79.9. The lowest BCUT2D eigenvalue weighted by Crippen LogP contribution is -2.00. The molecule has 5 heteroatoms. The van der Waals surface area contributed by atoms with Gasteiger partial charge in [0.2, 0.25) is 0 Å². The molecule has 0 bridgehead atoms. The van der Waals surface area contributed by atoms with Crippen molar-refractivity contribution in [1.82, 2.24) is 0 Å². The van der Waals surface area contributed by atoms with Crippen molar-refractivity contribution in [2.45, 2.75) is 6.61 Å². The molecule has 0 saturated heterocycles. The zero-order chi connectivity index (χ0) is 13.8. The molecule has 3 nitrogen and oxygen atoms in total. The van der Waals surface area contributed by atoms with E-state index in [1.165, 1.54) is 12.1 Å². The molecular formula is C14H10BrClO3. The van der Waals surface area contributed by atoms with E-state index in [1.54, 1.807) is 6.07 Å². The van der Waals surface area contributed by atoms with Crippen LogP contribution in [0.25, 0.3) is 0 Å². The summed E-state index contributed by atoms with van der Waals surface area (Å²) < 4.78 is 6.52. The van der Waals surface area contributed by atoms with Crippen LogP contribution in [0.5, 0.6) is 5.75 Å². The average Bonchev–Trinajstić information content (AvgIpc) is 2.37. The summed E-state index contributed by atoms with van der Waals surface area (Å²) in [4.78, 5) is 10.9. The van der Waals surface area contributed by atoms with Gasteiger partial charge in [-0.05, 0) is 35.9 Å². The highest BCUT2D eigenvalue weighted by Gasteiger charge is 2.10. The van der Waals surface area contributed by atoms with Gasteiger partial charge in [0.1, 0.15) is 12.4 Å². The Kier molecular flexibility index (Phi) is 4.45. The van der Waals surface area contributed by atoms with Crippen molar-refractivity contribution in [3.63, 3.8) is 0 Å². The number of hydrogen-bond acceptors (Lipinski definition) is 2. The van der Waals surface area contributed by atoms with Crippen LogP contribution in [-0.4, -0.2) is 11.1 Å². The first kappa shape index (κ1) is 13.9. The standard InChI is InChI=1S/C14H10BrClO3/c15-10-3-1-2-9(6-10)8-19-11-4-5-13(16)12(7-11)14(17)18/h1-7H,8H2,(H,17,18). The summed E-state index contributed by atoms with van der Waals surface area (Å²) in [7, 11) is 0. The first-order valence-corrected chi connectivity index (χ1v) is 6.63. The molecule has 2 rings (SSSR count). The molecule has 0 unspecified atom stereocenters. The largest absolute Gasteiger partial charge is 0.489 e. The van der Waals surface area contributed by atoms with E-state index in [0.717, 1.165) is 10.0 Å². The predicted molar refractivity (Wildman–Crippen MR) is 76.9 cm³/mol. The van der Waals surface area contributed by atoms with Gasteiger partial charge < -0.3 is 9.84 Å². The van der Waals surface area contributed by atoms with E-state index in [4.69, 9.17) is 21.4 Å². The summed E-state index contributed by atoms with van der Waals surface area (Å²) in [6.45, 7) is 0.361. The van der Waals surface area contributed by atoms with E-state index in [-0.39, 0.29) is 10.6 Å². The van der Waals surface area contributed by atoms with Crippen molar-refractivity contribution < 1.29 is 14.6 Å². The second-order valence-corrected chi connectivity index (χ2v) is 5.19. The van der Waals surface area contributed by atoms with Gasteiger partial charge >= 0.3 is 5.97 Å². The Balaban J connectivity index is 2.12. The molecule has 0 saturated carbocycles. The van der Waals surface area contributed by atoms with Gasteiger partial charge in [0.05, 0.1) is 10.6 Å². The molecular weight excluding hydrogens is 332 g/mol. The molecule has 0 heterocycles. The highest BCUT2D eigenvalue weighted by molar-refractivity contribution is 9.10. The maximum Gasteiger partial charge on any atom is 0.337 e. The minimum atomic E-state index is -1.07. The van der Waals surface area contributed by atoms with Crippen LogP contribution in [0.3, 0.4) is 0 Å². The van der Waals surface area contributed by atoms with Crippen LogP contribution in [0.2, 0.25) is 5.02 Å². The predicted octanol–water partition coefficient (Wildman–Crippen LogP) is 4.38. The maximum atomic E-state index is 10.9. The molecule has 1 N–H and O–H groups in total.